The molecule has 0 saturated carbocycles. The van der Waals surface area contributed by atoms with E-state index in [0.29, 0.717) is 22.5 Å². The zero-order chi connectivity index (χ0) is 22.7. The van der Waals surface area contributed by atoms with Crippen molar-refractivity contribution in [3.05, 3.63) is 101 Å². The zero-order valence-corrected chi connectivity index (χ0v) is 18.2. The Labute approximate surface area is 186 Å². The molecule has 6 heteroatoms. The van der Waals surface area contributed by atoms with Crippen molar-refractivity contribution < 1.29 is 9.59 Å². The van der Waals surface area contributed by atoms with Crippen LogP contribution < -0.4 is 10.6 Å². The van der Waals surface area contributed by atoms with E-state index < -0.39 is 0 Å². The lowest BCUT2D eigenvalue weighted by atomic mass is 10.0. The summed E-state index contributed by atoms with van der Waals surface area (Å²) in [6.45, 7) is 5.89. The van der Waals surface area contributed by atoms with Gasteiger partial charge in [0.1, 0.15) is 0 Å². The van der Waals surface area contributed by atoms with Crippen LogP contribution in [0.25, 0.3) is 11.3 Å². The fourth-order valence-electron chi connectivity index (χ4n) is 3.44. The Morgan fingerprint density at radius 1 is 0.750 bits per heavy atom. The molecule has 0 aliphatic rings. The highest BCUT2D eigenvalue weighted by Crippen LogP contribution is 2.29. The molecule has 1 aromatic heterocycles. The minimum absolute atomic E-state index is 0.293. The SMILES string of the molecule is Cc1ccc(NC(=O)c2ccccc2C(=O)Nc2ccc(C)cc2-c2cc(C)[nH]n2)cc1. The highest BCUT2D eigenvalue weighted by molar-refractivity contribution is 6.15. The van der Waals surface area contributed by atoms with Crippen LogP contribution in [-0.4, -0.2) is 22.0 Å². The maximum atomic E-state index is 13.2. The molecule has 0 unspecified atom stereocenters. The van der Waals surface area contributed by atoms with Crippen LogP contribution in [0.15, 0.2) is 72.8 Å². The molecule has 2 amide bonds. The van der Waals surface area contributed by atoms with Crippen molar-refractivity contribution in [2.75, 3.05) is 10.6 Å². The average molecular weight is 425 g/mol. The largest absolute Gasteiger partial charge is 0.322 e. The van der Waals surface area contributed by atoms with Crippen LogP contribution in [0.1, 0.15) is 37.5 Å². The summed E-state index contributed by atoms with van der Waals surface area (Å²) in [5.41, 5.74) is 6.52. The first-order chi connectivity index (χ1) is 15.4. The number of carbonyl (C=O) groups is 2. The molecular weight excluding hydrogens is 400 g/mol. The van der Waals surface area contributed by atoms with Crippen LogP contribution in [0, 0.1) is 20.8 Å². The number of hydrogen-bond donors (Lipinski definition) is 3. The van der Waals surface area contributed by atoms with Gasteiger partial charge in [-0.1, -0.05) is 41.5 Å². The number of rotatable bonds is 5. The van der Waals surface area contributed by atoms with Crippen molar-refractivity contribution >= 4 is 23.2 Å². The highest BCUT2D eigenvalue weighted by Gasteiger charge is 2.19. The van der Waals surface area contributed by atoms with Gasteiger partial charge in [-0.2, -0.15) is 5.10 Å². The summed E-state index contributed by atoms with van der Waals surface area (Å²) in [5.74, 6) is -0.705. The molecular formula is C26H24N4O2. The van der Waals surface area contributed by atoms with E-state index in [2.05, 4.69) is 20.8 Å². The number of aromatic amines is 1. The van der Waals surface area contributed by atoms with Crippen molar-refractivity contribution in [1.82, 2.24) is 10.2 Å². The van der Waals surface area contributed by atoms with E-state index in [-0.39, 0.29) is 11.8 Å². The number of nitrogens with zero attached hydrogens (tertiary/aromatic N) is 1. The number of amides is 2. The summed E-state index contributed by atoms with van der Waals surface area (Å²) < 4.78 is 0. The Bertz CT molecular complexity index is 1290. The van der Waals surface area contributed by atoms with E-state index in [1.54, 1.807) is 24.3 Å². The van der Waals surface area contributed by atoms with Crippen LogP contribution in [0.4, 0.5) is 11.4 Å². The zero-order valence-electron chi connectivity index (χ0n) is 18.2. The molecule has 0 fully saturated rings. The van der Waals surface area contributed by atoms with Crippen molar-refractivity contribution in [2.24, 2.45) is 0 Å². The van der Waals surface area contributed by atoms with Gasteiger partial charge in [0, 0.05) is 16.9 Å². The van der Waals surface area contributed by atoms with Gasteiger partial charge in [-0.15, -0.1) is 0 Å². The Morgan fingerprint density at radius 3 is 2.00 bits per heavy atom. The summed E-state index contributed by atoms with van der Waals surface area (Å²) >= 11 is 0. The van der Waals surface area contributed by atoms with Gasteiger partial charge < -0.3 is 10.6 Å². The lowest BCUT2D eigenvalue weighted by Gasteiger charge is -2.13. The van der Waals surface area contributed by atoms with Gasteiger partial charge in [-0.05, 0) is 63.2 Å². The van der Waals surface area contributed by atoms with Crippen LogP contribution in [0.3, 0.4) is 0 Å². The first kappa shape index (κ1) is 21.1. The molecule has 160 valence electrons. The molecule has 0 saturated heterocycles. The summed E-state index contributed by atoms with van der Waals surface area (Å²) in [4.78, 5) is 26.1. The quantitative estimate of drug-likeness (QED) is 0.395. The van der Waals surface area contributed by atoms with E-state index in [0.717, 1.165) is 28.1 Å². The fourth-order valence-corrected chi connectivity index (χ4v) is 3.44. The molecule has 0 aliphatic heterocycles. The highest BCUT2D eigenvalue weighted by atomic mass is 16.2. The maximum Gasteiger partial charge on any atom is 0.256 e. The first-order valence-corrected chi connectivity index (χ1v) is 10.3. The van der Waals surface area contributed by atoms with Crippen molar-refractivity contribution in [3.63, 3.8) is 0 Å². The van der Waals surface area contributed by atoms with Gasteiger partial charge in [0.15, 0.2) is 0 Å². The summed E-state index contributed by atoms with van der Waals surface area (Å²) in [6.07, 6.45) is 0. The molecule has 0 bridgehead atoms. The number of aromatic nitrogens is 2. The number of carbonyl (C=O) groups excluding carboxylic acids is 2. The predicted molar refractivity (Wildman–Crippen MR) is 127 cm³/mol. The Hall–Kier alpha value is -4.19. The van der Waals surface area contributed by atoms with Gasteiger partial charge in [-0.25, -0.2) is 0 Å². The van der Waals surface area contributed by atoms with E-state index in [4.69, 9.17) is 0 Å². The van der Waals surface area contributed by atoms with Gasteiger partial charge in [0.2, 0.25) is 0 Å². The number of nitrogens with one attached hydrogen (secondary N) is 3. The number of H-pyrrole nitrogens is 1. The van der Waals surface area contributed by atoms with Gasteiger partial charge >= 0.3 is 0 Å². The van der Waals surface area contributed by atoms with Crippen LogP contribution in [-0.2, 0) is 0 Å². The van der Waals surface area contributed by atoms with E-state index in [9.17, 15) is 9.59 Å². The molecule has 0 spiro atoms. The van der Waals surface area contributed by atoms with Crippen LogP contribution >= 0.6 is 0 Å². The Morgan fingerprint density at radius 2 is 1.38 bits per heavy atom. The molecule has 3 N–H and O–H groups in total. The lowest BCUT2D eigenvalue weighted by molar-refractivity contribution is 0.0990. The van der Waals surface area contributed by atoms with Gasteiger partial charge in [0.25, 0.3) is 11.8 Å². The molecule has 3 aromatic carbocycles. The summed E-state index contributed by atoms with van der Waals surface area (Å²) in [6, 6.07) is 22.0. The number of anilines is 2. The fraction of sp³-hybridized carbons (Fsp3) is 0.115. The number of aryl methyl sites for hydroxylation is 3. The molecule has 1 heterocycles. The molecule has 0 aliphatic carbocycles. The van der Waals surface area contributed by atoms with E-state index in [1.807, 2.05) is 69.3 Å². The van der Waals surface area contributed by atoms with E-state index >= 15 is 0 Å². The second-order valence-electron chi connectivity index (χ2n) is 7.81. The predicted octanol–water partition coefficient (Wildman–Crippen LogP) is 5.51. The minimum Gasteiger partial charge on any atom is -0.322 e. The van der Waals surface area contributed by atoms with Gasteiger partial charge in [-0.3, -0.25) is 14.7 Å². The molecule has 6 nitrogen and oxygen atoms in total. The van der Waals surface area contributed by atoms with Crippen LogP contribution in [0.5, 0.6) is 0 Å². The topological polar surface area (TPSA) is 86.9 Å². The third-order valence-electron chi connectivity index (χ3n) is 5.13. The molecule has 0 atom stereocenters. The monoisotopic (exact) mass is 424 g/mol. The Kier molecular flexibility index (Phi) is 5.85. The van der Waals surface area contributed by atoms with Crippen molar-refractivity contribution in [3.8, 4) is 11.3 Å². The standard InChI is InChI=1S/C26H24N4O2/c1-16-8-11-19(12-9-16)27-25(31)20-6-4-5-7-21(20)26(32)28-23-13-10-17(2)14-22(23)24-15-18(3)29-30-24/h4-15H,1-3H3,(H,27,31)(H,28,32)(H,29,30). The van der Waals surface area contributed by atoms with Gasteiger partial charge in [0.05, 0.1) is 22.5 Å². The Balaban J connectivity index is 1.61. The minimum atomic E-state index is -0.364. The molecule has 4 aromatic rings. The number of benzene rings is 3. The summed E-state index contributed by atoms with van der Waals surface area (Å²) in [7, 11) is 0. The average Bonchev–Trinajstić information content (AvgIpc) is 3.22. The molecule has 0 radical (unpaired) electrons. The maximum absolute atomic E-state index is 13.2. The van der Waals surface area contributed by atoms with Crippen LogP contribution in [0.2, 0.25) is 0 Å². The van der Waals surface area contributed by atoms with Crippen molar-refractivity contribution in [1.29, 1.82) is 0 Å². The second-order valence-corrected chi connectivity index (χ2v) is 7.81. The third-order valence-corrected chi connectivity index (χ3v) is 5.13. The normalized spacial score (nSPS) is 10.6. The first-order valence-electron chi connectivity index (χ1n) is 10.3. The van der Waals surface area contributed by atoms with E-state index in [1.165, 1.54) is 0 Å². The molecule has 4 rings (SSSR count). The number of hydrogen-bond acceptors (Lipinski definition) is 3. The third kappa shape index (κ3) is 4.59. The molecule has 32 heavy (non-hydrogen) atoms. The second kappa shape index (κ2) is 8.89. The van der Waals surface area contributed by atoms with Crippen molar-refractivity contribution in [2.45, 2.75) is 20.8 Å². The smallest absolute Gasteiger partial charge is 0.256 e. The lowest BCUT2D eigenvalue weighted by Crippen LogP contribution is -2.20. The summed E-state index contributed by atoms with van der Waals surface area (Å²) in [5, 5.41) is 13.1.